The zero-order chi connectivity index (χ0) is 14.7. The molecule has 2 N–H and O–H groups in total. The van der Waals surface area contributed by atoms with E-state index in [1.165, 1.54) is 0 Å². The Labute approximate surface area is 126 Å². The van der Waals surface area contributed by atoms with Crippen LogP contribution in [0.2, 0.25) is 10.0 Å². The van der Waals surface area contributed by atoms with Gasteiger partial charge in [0.05, 0.1) is 15.8 Å². The van der Waals surface area contributed by atoms with Gasteiger partial charge in [-0.1, -0.05) is 29.3 Å². The normalized spacial score (nSPS) is 14.8. The van der Waals surface area contributed by atoms with Crippen molar-refractivity contribution in [3.05, 3.63) is 33.8 Å². The van der Waals surface area contributed by atoms with Crippen molar-refractivity contribution in [1.82, 2.24) is 10.7 Å². The van der Waals surface area contributed by atoms with Crippen LogP contribution < -0.4 is 10.7 Å². The molecule has 1 aliphatic rings. The summed E-state index contributed by atoms with van der Waals surface area (Å²) in [6, 6.07) is 5.14. The molecule has 1 fully saturated rings. The van der Waals surface area contributed by atoms with E-state index in [-0.39, 0.29) is 6.04 Å². The second-order valence-corrected chi connectivity index (χ2v) is 5.33. The zero-order valence-electron chi connectivity index (χ0n) is 10.7. The van der Waals surface area contributed by atoms with Gasteiger partial charge in [0.1, 0.15) is 0 Å². The molecule has 7 heteroatoms. The van der Waals surface area contributed by atoms with Crippen molar-refractivity contribution in [3.8, 4) is 0 Å². The lowest BCUT2D eigenvalue weighted by Gasteiger charge is -2.04. The molecule has 2 amide bonds. The first-order chi connectivity index (χ1) is 9.47. The Balaban J connectivity index is 1.96. The van der Waals surface area contributed by atoms with Crippen LogP contribution in [0.4, 0.5) is 0 Å². The maximum atomic E-state index is 11.5. The van der Waals surface area contributed by atoms with Gasteiger partial charge in [-0.15, -0.1) is 0 Å². The topological polar surface area (TPSA) is 70.6 Å². The van der Waals surface area contributed by atoms with Crippen LogP contribution >= 0.6 is 23.2 Å². The third-order valence-electron chi connectivity index (χ3n) is 2.78. The van der Waals surface area contributed by atoms with Crippen LogP contribution in [0.25, 0.3) is 0 Å². The number of nitrogens with one attached hydrogen (secondary N) is 2. The minimum absolute atomic E-state index is 0.133. The molecule has 106 valence electrons. The summed E-state index contributed by atoms with van der Waals surface area (Å²) < 4.78 is 0. The molecule has 2 rings (SSSR count). The van der Waals surface area contributed by atoms with Gasteiger partial charge in [0, 0.05) is 6.04 Å². The zero-order valence-corrected chi connectivity index (χ0v) is 12.3. The van der Waals surface area contributed by atoms with Gasteiger partial charge in [-0.2, -0.15) is 5.10 Å². The number of hydrazone groups is 1. The molecule has 0 saturated heterocycles. The maximum absolute atomic E-state index is 11.5. The highest BCUT2D eigenvalue weighted by Gasteiger charge is 2.26. The summed E-state index contributed by atoms with van der Waals surface area (Å²) in [5.41, 5.74) is 3.44. The van der Waals surface area contributed by atoms with Crippen molar-refractivity contribution in [2.45, 2.75) is 25.8 Å². The Morgan fingerprint density at radius 2 is 1.90 bits per heavy atom. The average Bonchev–Trinajstić information content (AvgIpc) is 3.22. The highest BCUT2D eigenvalue weighted by Crippen LogP contribution is 2.22. The highest BCUT2D eigenvalue weighted by atomic mass is 35.5. The predicted octanol–water partition coefficient (Wildman–Crippen LogP) is 2.11. The molecule has 0 aliphatic heterocycles. The summed E-state index contributed by atoms with van der Waals surface area (Å²) in [6.45, 7) is 1.69. The number of amides is 2. The molecule has 0 bridgehead atoms. The van der Waals surface area contributed by atoms with Crippen LogP contribution in [0.3, 0.4) is 0 Å². The van der Waals surface area contributed by atoms with Gasteiger partial charge in [0.15, 0.2) is 0 Å². The SMILES string of the molecule is C/C(=N/NC(=O)C(=O)NC1CC1)c1ccc(Cl)c(Cl)c1. The lowest BCUT2D eigenvalue weighted by atomic mass is 10.1. The number of carbonyl (C=O) groups is 2. The minimum atomic E-state index is -0.781. The van der Waals surface area contributed by atoms with Crippen molar-refractivity contribution < 1.29 is 9.59 Å². The first-order valence-electron chi connectivity index (χ1n) is 6.08. The first kappa shape index (κ1) is 14.8. The standard InChI is InChI=1S/C13H13Cl2N3O2/c1-7(8-2-5-10(14)11(15)6-8)17-18-13(20)12(19)16-9-3-4-9/h2,5-6,9H,3-4H2,1H3,(H,16,19)(H,18,20)/b17-7-. The first-order valence-corrected chi connectivity index (χ1v) is 6.83. The number of hydrogen-bond donors (Lipinski definition) is 2. The van der Waals surface area contributed by atoms with E-state index in [0.717, 1.165) is 12.8 Å². The minimum Gasteiger partial charge on any atom is -0.345 e. The summed E-state index contributed by atoms with van der Waals surface area (Å²) in [5, 5.41) is 7.28. The molecule has 20 heavy (non-hydrogen) atoms. The van der Waals surface area contributed by atoms with Crippen LogP contribution in [0, 0.1) is 0 Å². The monoisotopic (exact) mass is 313 g/mol. The van der Waals surface area contributed by atoms with E-state index in [1.807, 2.05) is 0 Å². The summed E-state index contributed by atoms with van der Waals surface area (Å²) in [6.07, 6.45) is 1.84. The van der Waals surface area contributed by atoms with E-state index in [0.29, 0.717) is 21.3 Å². The number of hydrogen-bond acceptors (Lipinski definition) is 3. The van der Waals surface area contributed by atoms with Crippen molar-refractivity contribution in [3.63, 3.8) is 0 Å². The van der Waals surface area contributed by atoms with Crippen LogP contribution in [0.1, 0.15) is 25.3 Å². The molecule has 5 nitrogen and oxygen atoms in total. The fourth-order valence-corrected chi connectivity index (χ4v) is 1.75. The Hall–Kier alpha value is -1.59. The van der Waals surface area contributed by atoms with Crippen molar-refractivity contribution in [2.24, 2.45) is 5.10 Å². The largest absolute Gasteiger partial charge is 0.345 e. The Bertz CT molecular complexity index is 583. The average molecular weight is 314 g/mol. The molecule has 0 radical (unpaired) electrons. The molecule has 0 spiro atoms. The summed E-state index contributed by atoms with van der Waals surface area (Å²) in [7, 11) is 0. The van der Waals surface area contributed by atoms with Gasteiger partial charge in [-0.05, 0) is 37.5 Å². The van der Waals surface area contributed by atoms with Gasteiger partial charge < -0.3 is 5.32 Å². The summed E-state index contributed by atoms with van der Waals surface area (Å²) in [5.74, 6) is -1.45. The molecule has 0 atom stereocenters. The van der Waals surface area contributed by atoms with Crippen molar-refractivity contribution in [1.29, 1.82) is 0 Å². The van der Waals surface area contributed by atoms with E-state index in [4.69, 9.17) is 23.2 Å². The third kappa shape index (κ3) is 3.95. The maximum Gasteiger partial charge on any atom is 0.329 e. The Kier molecular flexibility index (Phi) is 4.62. The van der Waals surface area contributed by atoms with E-state index >= 15 is 0 Å². The van der Waals surface area contributed by atoms with Gasteiger partial charge in [-0.25, -0.2) is 5.43 Å². The second-order valence-electron chi connectivity index (χ2n) is 4.51. The van der Waals surface area contributed by atoms with Crippen LogP contribution in [0.15, 0.2) is 23.3 Å². The second kappa shape index (κ2) is 6.24. The quantitative estimate of drug-likeness (QED) is 0.510. The lowest BCUT2D eigenvalue weighted by Crippen LogP contribution is -2.39. The number of carbonyl (C=O) groups excluding carboxylic acids is 2. The molecule has 0 aromatic heterocycles. The van der Waals surface area contributed by atoms with Crippen LogP contribution in [-0.4, -0.2) is 23.6 Å². The van der Waals surface area contributed by atoms with Crippen molar-refractivity contribution >= 4 is 40.7 Å². The lowest BCUT2D eigenvalue weighted by molar-refractivity contribution is -0.139. The molecule has 1 aromatic rings. The number of nitrogens with zero attached hydrogens (tertiary/aromatic N) is 1. The fourth-order valence-electron chi connectivity index (χ4n) is 1.45. The number of benzene rings is 1. The van der Waals surface area contributed by atoms with Crippen molar-refractivity contribution in [2.75, 3.05) is 0 Å². The summed E-state index contributed by atoms with van der Waals surface area (Å²) in [4.78, 5) is 22.9. The third-order valence-corrected chi connectivity index (χ3v) is 3.52. The molecule has 1 saturated carbocycles. The van der Waals surface area contributed by atoms with Gasteiger partial charge in [0.2, 0.25) is 0 Å². The predicted molar refractivity (Wildman–Crippen MR) is 78.0 cm³/mol. The summed E-state index contributed by atoms with van der Waals surface area (Å²) >= 11 is 11.7. The van der Waals surface area contributed by atoms with Crippen LogP contribution in [0.5, 0.6) is 0 Å². The number of halogens is 2. The Morgan fingerprint density at radius 3 is 2.50 bits per heavy atom. The molecule has 1 aliphatic carbocycles. The Morgan fingerprint density at radius 1 is 1.20 bits per heavy atom. The van der Waals surface area contributed by atoms with E-state index in [1.54, 1.807) is 25.1 Å². The fraction of sp³-hybridized carbons (Fsp3) is 0.308. The molecule has 0 unspecified atom stereocenters. The molecular weight excluding hydrogens is 301 g/mol. The van der Waals surface area contributed by atoms with E-state index < -0.39 is 11.8 Å². The van der Waals surface area contributed by atoms with E-state index in [2.05, 4.69) is 15.8 Å². The van der Waals surface area contributed by atoms with E-state index in [9.17, 15) is 9.59 Å². The van der Waals surface area contributed by atoms with Gasteiger partial charge >= 0.3 is 11.8 Å². The van der Waals surface area contributed by atoms with Gasteiger partial charge in [0.25, 0.3) is 0 Å². The highest BCUT2D eigenvalue weighted by molar-refractivity contribution is 6.42. The molecular formula is C13H13Cl2N3O2. The number of rotatable bonds is 3. The van der Waals surface area contributed by atoms with Gasteiger partial charge in [-0.3, -0.25) is 9.59 Å². The molecule has 1 aromatic carbocycles. The van der Waals surface area contributed by atoms with Crippen LogP contribution in [-0.2, 0) is 9.59 Å². The molecule has 0 heterocycles. The smallest absolute Gasteiger partial charge is 0.329 e.